The quantitative estimate of drug-likeness (QED) is 0.908. The smallest absolute Gasteiger partial charge is 0.165 e. The zero-order valence-corrected chi connectivity index (χ0v) is 12.1. The van der Waals surface area contributed by atoms with Gasteiger partial charge >= 0.3 is 0 Å². The molecule has 0 heterocycles. The largest absolute Gasteiger partial charge is 0.485 e. The second kappa shape index (κ2) is 6.73. The van der Waals surface area contributed by atoms with Crippen molar-refractivity contribution in [2.45, 2.75) is 20.0 Å². The maximum absolute atomic E-state index is 13.8. The van der Waals surface area contributed by atoms with Crippen molar-refractivity contribution in [1.29, 1.82) is 0 Å². The average molecular weight is 294 g/mol. The van der Waals surface area contributed by atoms with Gasteiger partial charge in [0.2, 0.25) is 0 Å². The number of para-hydroxylation sites is 1. The Bertz CT molecular complexity index is 601. The minimum absolute atomic E-state index is 0.234. The number of aryl methyl sites for hydroxylation is 1. The molecule has 0 atom stereocenters. The second-order valence-corrected chi connectivity index (χ2v) is 5.06. The highest BCUT2D eigenvalue weighted by molar-refractivity contribution is 6.31. The molecular formula is C16H17ClFNO. The van der Waals surface area contributed by atoms with Crippen molar-refractivity contribution < 1.29 is 9.13 Å². The fraction of sp³-hybridized carbons (Fsp3) is 0.250. The Labute approximate surface area is 123 Å². The molecule has 0 saturated carbocycles. The van der Waals surface area contributed by atoms with Crippen LogP contribution in [0.25, 0.3) is 0 Å². The lowest BCUT2D eigenvalue weighted by atomic mass is 10.1. The number of rotatable bonds is 5. The van der Waals surface area contributed by atoms with E-state index in [0.29, 0.717) is 18.0 Å². The van der Waals surface area contributed by atoms with Crippen molar-refractivity contribution in [2.24, 2.45) is 5.73 Å². The third-order valence-corrected chi connectivity index (χ3v) is 3.39. The molecule has 0 aromatic heterocycles. The summed E-state index contributed by atoms with van der Waals surface area (Å²) in [5.41, 5.74) is 8.21. The van der Waals surface area contributed by atoms with Crippen LogP contribution in [-0.2, 0) is 13.0 Å². The summed E-state index contributed by atoms with van der Waals surface area (Å²) >= 11 is 6.14. The summed E-state index contributed by atoms with van der Waals surface area (Å²) in [7, 11) is 0. The maximum atomic E-state index is 13.8. The van der Waals surface area contributed by atoms with E-state index in [-0.39, 0.29) is 18.2 Å². The van der Waals surface area contributed by atoms with E-state index in [4.69, 9.17) is 22.1 Å². The summed E-state index contributed by atoms with van der Waals surface area (Å²) in [5.74, 6) is -0.117. The lowest BCUT2D eigenvalue weighted by Crippen LogP contribution is -2.07. The Morgan fingerprint density at radius 1 is 1.20 bits per heavy atom. The maximum Gasteiger partial charge on any atom is 0.165 e. The molecule has 0 spiro atoms. The first-order valence-corrected chi connectivity index (χ1v) is 6.85. The zero-order valence-electron chi connectivity index (χ0n) is 11.3. The average Bonchev–Trinajstić information content (AvgIpc) is 2.40. The molecule has 2 aromatic rings. The van der Waals surface area contributed by atoms with Crippen LogP contribution in [-0.4, -0.2) is 6.54 Å². The van der Waals surface area contributed by atoms with Crippen molar-refractivity contribution in [3.8, 4) is 5.75 Å². The molecule has 0 fully saturated rings. The van der Waals surface area contributed by atoms with Crippen LogP contribution in [0.2, 0.25) is 5.02 Å². The van der Waals surface area contributed by atoms with Gasteiger partial charge in [-0.25, -0.2) is 4.39 Å². The van der Waals surface area contributed by atoms with Crippen LogP contribution < -0.4 is 10.5 Å². The van der Waals surface area contributed by atoms with Gasteiger partial charge in [0.05, 0.1) is 0 Å². The van der Waals surface area contributed by atoms with Crippen LogP contribution in [0.5, 0.6) is 5.75 Å². The van der Waals surface area contributed by atoms with Gasteiger partial charge in [-0.3, -0.25) is 0 Å². The van der Waals surface area contributed by atoms with Crippen LogP contribution in [0.4, 0.5) is 4.39 Å². The molecule has 0 radical (unpaired) electrons. The van der Waals surface area contributed by atoms with Gasteiger partial charge in [-0.1, -0.05) is 35.9 Å². The second-order valence-electron chi connectivity index (χ2n) is 4.65. The highest BCUT2D eigenvalue weighted by Gasteiger charge is 2.10. The molecule has 2 rings (SSSR count). The van der Waals surface area contributed by atoms with Crippen LogP contribution in [0.15, 0.2) is 36.4 Å². The lowest BCUT2D eigenvalue weighted by Gasteiger charge is -2.13. The first kappa shape index (κ1) is 14.8. The van der Waals surface area contributed by atoms with Crippen molar-refractivity contribution in [3.05, 3.63) is 63.9 Å². The number of ether oxygens (including phenoxy) is 1. The molecule has 0 aliphatic rings. The molecule has 0 unspecified atom stereocenters. The van der Waals surface area contributed by atoms with Gasteiger partial charge in [-0.05, 0) is 43.1 Å². The minimum atomic E-state index is -0.376. The van der Waals surface area contributed by atoms with Gasteiger partial charge in [0, 0.05) is 10.6 Å². The minimum Gasteiger partial charge on any atom is -0.485 e. The molecule has 0 amide bonds. The van der Waals surface area contributed by atoms with Crippen molar-refractivity contribution in [2.75, 3.05) is 6.54 Å². The first-order chi connectivity index (χ1) is 9.61. The van der Waals surface area contributed by atoms with E-state index in [1.807, 2.05) is 31.2 Å². The monoisotopic (exact) mass is 293 g/mol. The van der Waals surface area contributed by atoms with Crippen LogP contribution in [0, 0.1) is 12.7 Å². The van der Waals surface area contributed by atoms with Crippen LogP contribution in [0.1, 0.15) is 16.7 Å². The Kier molecular flexibility index (Phi) is 4.99. The summed E-state index contributed by atoms with van der Waals surface area (Å²) in [4.78, 5) is 0. The summed E-state index contributed by atoms with van der Waals surface area (Å²) < 4.78 is 19.5. The normalized spacial score (nSPS) is 10.6. The predicted octanol–water partition coefficient (Wildman–Crippen LogP) is 3.87. The standard InChI is InChI=1S/C16H17ClFNO/c1-11-5-6-13(14(17)9-11)10-20-16-12(7-8-19)3-2-4-15(16)18/h2-6,9H,7-8,10,19H2,1H3. The van der Waals surface area contributed by atoms with Gasteiger partial charge < -0.3 is 10.5 Å². The summed E-state index contributed by atoms with van der Waals surface area (Å²) in [6.07, 6.45) is 0.578. The van der Waals surface area contributed by atoms with Gasteiger partial charge in [-0.15, -0.1) is 0 Å². The van der Waals surface area contributed by atoms with Gasteiger partial charge in [0.15, 0.2) is 11.6 Å². The van der Waals surface area contributed by atoms with Gasteiger partial charge in [0.1, 0.15) is 6.61 Å². The molecule has 4 heteroatoms. The number of halogens is 2. The third kappa shape index (κ3) is 3.50. The molecule has 2 nitrogen and oxygen atoms in total. The van der Waals surface area contributed by atoms with E-state index < -0.39 is 0 Å². The summed E-state index contributed by atoms with van der Waals surface area (Å²) in [6.45, 7) is 2.65. The van der Waals surface area contributed by atoms with E-state index >= 15 is 0 Å². The van der Waals surface area contributed by atoms with E-state index in [0.717, 1.165) is 16.7 Å². The number of nitrogens with two attached hydrogens (primary N) is 1. The van der Waals surface area contributed by atoms with E-state index in [1.54, 1.807) is 6.07 Å². The van der Waals surface area contributed by atoms with Crippen molar-refractivity contribution >= 4 is 11.6 Å². The van der Waals surface area contributed by atoms with Gasteiger partial charge in [0.25, 0.3) is 0 Å². The molecule has 0 aliphatic carbocycles. The molecule has 2 N–H and O–H groups in total. The van der Waals surface area contributed by atoms with E-state index in [1.165, 1.54) is 6.07 Å². The van der Waals surface area contributed by atoms with E-state index in [2.05, 4.69) is 0 Å². The Hall–Kier alpha value is -1.58. The van der Waals surface area contributed by atoms with E-state index in [9.17, 15) is 4.39 Å². The van der Waals surface area contributed by atoms with Crippen molar-refractivity contribution in [3.63, 3.8) is 0 Å². The van der Waals surface area contributed by atoms with Gasteiger partial charge in [-0.2, -0.15) is 0 Å². The number of benzene rings is 2. The fourth-order valence-electron chi connectivity index (χ4n) is 1.99. The Balaban J connectivity index is 2.18. The predicted molar refractivity (Wildman–Crippen MR) is 79.7 cm³/mol. The lowest BCUT2D eigenvalue weighted by molar-refractivity contribution is 0.287. The van der Waals surface area contributed by atoms with Crippen LogP contribution >= 0.6 is 11.6 Å². The first-order valence-electron chi connectivity index (χ1n) is 6.47. The zero-order chi connectivity index (χ0) is 14.5. The molecule has 0 bridgehead atoms. The molecule has 0 saturated heterocycles. The molecule has 20 heavy (non-hydrogen) atoms. The molecular weight excluding hydrogens is 277 g/mol. The SMILES string of the molecule is Cc1ccc(COc2c(F)cccc2CCN)c(Cl)c1. The number of hydrogen-bond donors (Lipinski definition) is 1. The highest BCUT2D eigenvalue weighted by Crippen LogP contribution is 2.26. The van der Waals surface area contributed by atoms with Crippen molar-refractivity contribution in [1.82, 2.24) is 0 Å². The topological polar surface area (TPSA) is 35.2 Å². The summed E-state index contributed by atoms with van der Waals surface area (Å²) in [5, 5.41) is 0.627. The Morgan fingerprint density at radius 3 is 2.70 bits per heavy atom. The molecule has 106 valence electrons. The van der Waals surface area contributed by atoms with Crippen LogP contribution in [0.3, 0.4) is 0 Å². The Morgan fingerprint density at radius 2 is 2.00 bits per heavy atom. The summed E-state index contributed by atoms with van der Waals surface area (Å²) in [6, 6.07) is 10.6. The molecule has 0 aliphatic heterocycles. The highest BCUT2D eigenvalue weighted by atomic mass is 35.5. The third-order valence-electron chi connectivity index (χ3n) is 3.04. The fourth-order valence-corrected chi connectivity index (χ4v) is 2.28. The number of hydrogen-bond acceptors (Lipinski definition) is 2. The molecule has 2 aromatic carbocycles.